The van der Waals surface area contributed by atoms with E-state index in [9.17, 15) is 14.7 Å². The topological polar surface area (TPSA) is 54.4 Å². The number of carbonyl (C=O) groups is 2. The number of Topliss-reactive ketones (excluding diaryl/α,β-unsaturated/α-hetero) is 1. The maximum Gasteiger partial charge on any atom is 0.310 e. The number of carbonyl (C=O) groups excluding carboxylic acids is 1. The summed E-state index contributed by atoms with van der Waals surface area (Å²) in [6.07, 6.45) is 0. The van der Waals surface area contributed by atoms with Crippen LogP contribution in [-0.2, 0) is 9.59 Å². The fourth-order valence-electron chi connectivity index (χ4n) is 5.92. The molecule has 6 aliphatic carbocycles. The van der Waals surface area contributed by atoms with Crippen molar-refractivity contribution in [2.75, 3.05) is 0 Å². The van der Waals surface area contributed by atoms with E-state index in [0.29, 0.717) is 23.5 Å². The van der Waals surface area contributed by atoms with E-state index in [4.69, 9.17) is 0 Å². The van der Waals surface area contributed by atoms with Gasteiger partial charge in [-0.2, -0.15) is 0 Å². The molecular formula is C10H7BrO3. The number of hydrogen-bond acceptors (Lipinski definition) is 2. The van der Waals surface area contributed by atoms with Gasteiger partial charge in [0.15, 0.2) is 5.78 Å². The zero-order valence-corrected chi connectivity index (χ0v) is 8.69. The quantitative estimate of drug-likeness (QED) is 0.695. The third-order valence-corrected chi connectivity index (χ3v) is 7.45. The van der Waals surface area contributed by atoms with Gasteiger partial charge < -0.3 is 5.11 Å². The number of rotatable bonds is 1. The summed E-state index contributed by atoms with van der Waals surface area (Å²) in [4.78, 5) is 23.1. The predicted molar refractivity (Wildman–Crippen MR) is 47.7 cm³/mol. The second kappa shape index (κ2) is 1.34. The van der Waals surface area contributed by atoms with E-state index >= 15 is 0 Å². The van der Waals surface area contributed by atoms with Gasteiger partial charge in [-0.25, -0.2) is 0 Å². The van der Waals surface area contributed by atoms with Gasteiger partial charge in [0.05, 0.1) is 9.74 Å². The van der Waals surface area contributed by atoms with Crippen molar-refractivity contribution in [3.05, 3.63) is 0 Å². The molecule has 4 heteroatoms. The van der Waals surface area contributed by atoms with Gasteiger partial charge in [0.2, 0.25) is 0 Å². The van der Waals surface area contributed by atoms with E-state index in [1.165, 1.54) is 0 Å². The van der Waals surface area contributed by atoms with Crippen LogP contribution in [0.3, 0.4) is 0 Å². The van der Waals surface area contributed by atoms with Crippen molar-refractivity contribution in [2.24, 2.45) is 40.9 Å². The first-order valence-electron chi connectivity index (χ1n) is 5.05. The van der Waals surface area contributed by atoms with Gasteiger partial charge in [-0.15, -0.1) is 0 Å². The largest absolute Gasteiger partial charge is 0.481 e. The minimum Gasteiger partial charge on any atom is -0.481 e. The summed E-state index contributed by atoms with van der Waals surface area (Å²) in [5.74, 6) is 1.32. The number of ketones is 1. The fraction of sp³-hybridized carbons (Fsp3) is 0.800. The first-order valence-corrected chi connectivity index (χ1v) is 5.85. The third kappa shape index (κ3) is 0.270. The van der Waals surface area contributed by atoms with E-state index in [1.54, 1.807) is 0 Å². The number of carboxylic acid groups (broad SMARTS) is 1. The average Bonchev–Trinajstić information content (AvgIpc) is 2.27. The Morgan fingerprint density at radius 3 is 2.21 bits per heavy atom. The molecule has 0 spiro atoms. The third-order valence-electron chi connectivity index (χ3n) is 6.00. The summed E-state index contributed by atoms with van der Waals surface area (Å²) < 4.78 is -0.255. The normalized spacial score (nSPS) is 78.2. The van der Waals surface area contributed by atoms with Crippen LogP contribution in [0.1, 0.15) is 0 Å². The lowest BCUT2D eigenvalue weighted by Gasteiger charge is -2.89. The highest BCUT2D eigenvalue weighted by Gasteiger charge is 3.07. The summed E-state index contributed by atoms with van der Waals surface area (Å²) in [6, 6.07) is 0. The molecule has 6 saturated carbocycles. The van der Waals surface area contributed by atoms with Crippen molar-refractivity contribution < 1.29 is 14.7 Å². The van der Waals surface area contributed by atoms with Crippen molar-refractivity contribution in [2.45, 2.75) is 4.32 Å². The van der Waals surface area contributed by atoms with Gasteiger partial charge >= 0.3 is 5.97 Å². The Balaban J connectivity index is 1.79. The van der Waals surface area contributed by atoms with Crippen LogP contribution in [0.15, 0.2) is 0 Å². The van der Waals surface area contributed by atoms with Gasteiger partial charge in [0, 0.05) is 5.92 Å². The molecule has 0 radical (unpaired) electrons. The predicted octanol–water partition coefficient (Wildman–Crippen LogP) is 0.525. The SMILES string of the molecule is O=C1C2[C@@H]3[C@@H]4C5[C@H]([C@H]2C53C(=O)O)C14Br. The molecular weight excluding hydrogens is 248 g/mol. The number of hydrogen-bond donors (Lipinski definition) is 1. The average molecular weight is 255 g/mol. The summed E-state index contributed by atoms with van der Waals surface area (Å²) in [6.45, 7) is 0. The van der Waals surface area contributed by atoms with Gasteiger partial charge in [0.25, 0.3) is 0 Å². The number of aliphatic carboxylic acids is 1. The standard InChI is InChI=1S/C10H7BrO3/c11-10-5-2-1(7(10)12)3-6(10)4(5)9(2,3)8(13)14/h1-6H,(H,13,14)/t1?,2-,3+,4?,5-,6+,9?,10?. The molecule has 14 heavy (non-hydrogen) atoms. The van der Waals surface area contributed by atoms with Crippen LogP contribution < -0.4 is 0 Å². The van der Waals surface area contributed by atoms with E-state index in [1.807, 2.05) is 0 Å². The van der Waals surface area contributed by atoms with E-state index in [2.05, 4.69) is 15.9 Å². The van der Waals surface area contributed by atoms with Crippen LogP contribution in [0.25, 0.3) is 0 Å². The van der Waals surface area contributed by atoms with E-state index < -0.39 is 11.4 Å². The number of alkyl halides is 1. The van der Waals surface area contributed by atoms with Crippen molar-refractivity contribution in [3.8, 4) is 0 Å². The first-order chi connectivity index (χ1) is 6.59. The van der Waals surface area contributed by atoms with Crippen LogP contribution in [0, 0.1) is 40.9 Å². The molecule has 6 rings (SSSR count). The van der Waals surface area contributed by atoms with Gasteiger partial charge in [-0.1, -0.05) is 15.9 Å². The first kappa shape index (κ1) is 6.99. The second-order valence-electron chi connectivity index (χ2n) is 5.53. The molecule has 0 amide bonds. The molecule has 0 aromatic rings. The van der Waals surface area contributed by atoms with Crippen molar-refractivity contribution in [3.63, 3.8) is 0 Å². The highest BCUT2D eigenvalue weighted by atomic mass is 79.9. The summed E-state index contributed by atoms with van der Waals surface area (Å²) in [5, 5.41) is 9.23. The van der Waals surface area contributed by atoms with Crippen LogP contribution in [0.4, 0.5) is 0 Å². The molecule has 0 saturated heterocycles. The Bertz CT molecular complexity index is 436. The molecule has 8 atom stereocenters. The molecule has 0 aliphatic heterocycles. The minimum atomic E-state index is -0.634. The van der Waals surface area contributed by atoms with Gasteiger partial charge in [-0.05, 0) is 29.6 Å². The smallest absolute Gasteiger partial charge is 0.310 e. The monoisotopic (exact) mass is 254 g/mol. The molecule has 2 bridgehead atoms. The maximum atomic E-state index is 11.9. The number of halogens is 1. The molecule has 4 unspecified atom stereocenters. The van der Waals surface area contributed by atoms with Crippen LogP contribution in [-0.4, -0.2) is 21.2 Å². The van der Waals surface area contributed by atoms with E-state index in [-0.39, 0.29) is 22.1 Å². The van der Waals surface area contributed by atoms with Crippen molar-refractivity contribution in [1.29, 1.82) is 0 Å². The summed E-state index contributed by atoms with van der Waals surface area (Å²) in [5.41, 5.74) is -0.427. The van der Waals surface area contributed by atoms with E-state index in [0.717, 1.165) is 0 Å². The highest BCUT2D eigenvalue weighted by molar-refractivity contribution is 9.10. The zero-order valence-electron chi connectivity index (χ0n) is 7.11. The summed E-state index contributed by atoms with van der Waals surface area (Å²) >= 11 is 3.59. The van der Waals surface area contributed by atoms with Crippen LogP contribution in [0.5, 0.6) is 0 Å². The fourth-order valence-corrected chi connectivity index (χ4v) is 7.32. The van der Waals surface area contributed by atoms with Crippen LogP contribution >= 0.6 is 15.9 Å². The summed E-state index contributed by atoms with van der Waals surface area (Å²) in [7, 11) is 0. The van der Waals surface area contributed by atoms with Crippen molar-refractivity contribution >= 4 is 27.7 Å². The molecule has 72 valence electrons. The molecule has 6 fully saturated rings. The molecule has 0 aromatic carbocycles. The Hall–Kier alpha value is -0.380. The van der Waals surface area contributed by atoms with Crippen LogP contribution in [0.2, 0.25) is 0 Å². The lowest BCUT2D eigenvalue weighted by atomic mass is 9.13. The molecule has 0 aromatic heterocycles. The Morgan fingerprint density at radius 1 is 1.21 bits per heavy atom. The molecule has 6 aliphatic rings. The molecule has 1 N–H and O–H groups in total. The zero-order chi connectivity index (χ0) is 9.62. The Kier molecular flexibility index (Phi) is 0.670. The lowest BCUT2D eigenvalue weighted by molar-refractivity contribution is -0.420. The number of carboxylic acids is 1. The molecule has 3 nitrogen and oxygen atoms in total. The maximum absolute atomic E-state index is 11.9. The molecule has 0 heterocycles. The Labute approximate surface area is 88.0 Å². The van der Waals surface area contributed by atoms with Gasteiger partial charge in [-0.3, -0.25) is 9.59 Å². The highest BCUT2D eigenvalue weighted by Crippen LogP contribution is 3.01. The lowest BCUT2D eigenvalue weighted by Crippen LogP contribution is -2.93. The van der Waals surface area contributed by atoms with Crippen molar-refractivity contribution in [1.82, 2.24) is 0 Å². The second-order valence-corrected chi connectivity index (χ2v) is 6.84. The van der Waals surface area contributed by atoms with Gasteiger partial charge in [0.1, 0.15) is 0 Å². The minimum absolute atomic E-state index is 0.116. The Morgan fingerprint density at radius 2 is 1.79 bits per heavy atom.